The summed E-state index contributed by atoms with van der Waals surface area (Å²) in [4.78, 5) is 4.28. The molecule has 0 N–H and O–H groups in total. The van der Waals surface area contributed by atoms with Crippen molar-refractivity contribution in [2.24, 2.45) is 0 Å². The van der Waals surface area contributed by atoms with Crippen LogP contribution in [0.25, 0.3) is 0 Å². The third-order valence-corrected chi connectivity index (χ3v) is 4.31. The molecule has 1 aromatic heterocycles. The number of fused-ring (bicyclic) bond motifs is 2. The molecule has 2 aliphatic rings. The van der Waals surface area contributed by atoms with Crippen molar-refractivity contribution in [1.82, 2.24) is 4.98 Å². The van der Waals surface area contributed by atoms with Gasteiger partial charge >= 0.3 is 0 Å². The highest BCUT2D eigenvalue weighted by atomic mass is 16.5. The maximum absolute atomic E-state index is 6.06. The maximum atomic E-state index is 6.06. The van der Waals surface area contributed by atoms with E-state index >= 15 is 0 Å². The number of benzene rings is 1. The van der Waals surface area contributed by atoms with Gasteiger partial charge < -0.3 is 9.47 Å². The van der Waals surface area contributed by atoms with E-state index in [0.717, 1.165) is 29.5 Å². The second-order valence-corrected chi connectivity index (χ2v) is 5.89. The molecular weight excluding hydrogens is 250 g/mol. The molecule has 0 bridgehead atoms. The van der Waals surface area contributed by atoms with E-state index in [-0.39, 0.29) is 5.41 Å². The van der Waals surface area contributed by atoms with Crippen molar-refractivity contribution >= 4 is 0 Å². The molecule has 0 radical (unpaired) electrons. The SMILES string of the molecule is Cc1ccc(Oc2ccc(C)c3c2C2(CC2)CO3)cn1. The molecule has 0 unspecified atom stereocenters. The minimum atomic E-state index is 0.217. The normalized spacial score (nSPS) is 17.7. The highest BCUT2D eigenvalue weighted by Gasteiger charge is 2.53. The number of aromatic nitrogens is 1. The highest BCUT2D eigenvalue weighted by molar-refractivity contribution is 5.59. The van der Waals surface area contributed by atoms with Gasteiger partial charge in [0.05, 0.1) is 12.8 Å². The van der Waals surface area contributed by atoms with Gasteiger partial charge in [-0.25, -0.2) is 0 Å². The largest absolute Gasteiger partial charge is 0.492 e. The Kier molecular flexibility index (Phi) is 2.34. The van der Waals surface area contributed by atoms with Gasteiger partial charge in [-0.05, 0) is 50.5 Å². The number of hydrogen-bond donors (Lipinski definition) is 0. The van der Waals surface area contributed by atoms with E-state index in [1.165, 1.54) is 24.0 Å². The van der Waals surface area contributed by atoms with Crippen LogP contribution in [0.1, 0.15) is 29.7 Å². The first kappa shape index (κ1) is 11.8. The summed E-state index contributed by atoms with van der Waals surface area (Å²) in [5, 5.41) is 0. The Hall–Kier alpha value is -2.03. The summed E-state index contributed by atoms with van der Waals surface area (Å²) < 4.78 is 12.0. The van der Waals surface area contributed by atoms with E-state index in [2.05, 4.69) is 24.0 Å². The zero-order chi connectivity index (χ0) is 13.7. The van der Waals surface area contributed by atoms with Gasteiger partial charge in [0.2, 0.25) is 0 Å². The van der Waals surface area contributed by atoms with E-state index in [1.807, 2.05) is 19.1 Å². The zero-order valence-corrected chi connectivity index (χ0v) is 11.8. The summed E-state index contributed by atoms with van der Waals surface area (Å²) in [6.45, 7) is 4.87. The van der Waals surface area contributed by atoms with Crippen LogP contribution in [0.4, 0.5) is 0 Å². The molecule has 3 heteroatoms. The van der Waals surface area contributed by atoms with Gasteiger partial charge in [-0.3, -0.25) is 4.98 Å². The van der Waals surface area contributed by atoms with Crippen LogP contribution in [0, 0.1) is 13.8 Å². The molecule has 1 fully saturated rings. The topological polar surface area (TPSA) is 31.4 Å². The third kappa shape index (κ3) is 1.69. The van der Waals surface area contributed by atoms with E-state index < -0.39 is 0 Å². The number of pyridine rings is 1. The Morgan fingerprint density at radius 1 is 1.15 bits per heavy atom. The standard InChI is InChI=1S/C17H17NO2/c1-11-3-6-14(20-13-5-4-12(2)18-9-13)15-16(11)19-10-17(15)7-8-17/h3-6,9H,7-8,10H2,1-2H3. The molecule has 1 aliphatic carbocycles. The van der Waals surface area contributed by atoms with Crippen molar-refractivity contribution in [3.8, 4) is 17.2 Å². The van der Waals surface area contributed by atoms with Crippen LogP contribution in [-0.4, -0.2) is 11.6 Å². The number of hydrogen-bond acceptors (Lipinski definition) is 3. The van der Waals surface area contributed by atoms with Crippen LogP contribution in [0.2, 0.25) is 0 Å². The van der Waals surface area contributed by atoms with Gasteiger partial charge in [0.25, 0.3) is 0 Å². The lowest BCUT2D eigenvalue weighted by molar-refractivity contribution is 0.322. The van der Waals surface area contributed by atoms with E-state index in [0.29, 0.717) is 0 Å². The lowest BCUT2D eigenvalue weighted by atomic mass is 9.95. The fraction of sp³-hybridized carbons (Fsp3) is 0.353. The van der Waals surface area contributed by atoms with Gasteiger partial charge in [0.1, 0.15) is 17.2 Å². The molecule has 20 heavy (non-hydrogen) atoms. The van der Waals surface area contributed by atoms with Crippen LogP contribution >= 0.6 is 0 Å². The Morgan fingerprint density at radius 3 is 2.70 bits per heavy atom. The number of aryl methyl sites for hydroxylation is 2. The van der Waals surface area contributed by atoms with Gasteiger partial charge in [-0.2, -0.15) is 0 Å². The average molecular weight is 267 g/mol. The fourth-order valence-corrected chi connectivity index (χ4v) is 2.91. The minimum absolute atomic E-state index is 0.217. The molecule has 0 saturated heterocycles. The predicted octanol–water partition coefficient (Wildman–Crippen LogP) is 3.91. The Balaban J connectivity index is 1.76. The molecule has 1 aromatic carbocycles. The number of rotatable bonds is 2. The summed E-state index contributed by atoms with van der Waals surface area (Å²) in [5.74, 6) is 2.73. The van der Waals surface area contributed by atoms with Crippen LogP contribution in [0.15, 0.2) is 30.5 Å². The average Bonchev–Trinajstić information content (AvgIpc) is 3.11. The van der Waals surface area contributed by atoms with Crippen LogP contribution in [0.3, 0.4) is 0 Å². The minimum Gasteiger partial charge on any atom is -0.492 e. The fourth-order valence-electron chi connectivity index (χ4n) is 2.91. The van der Waals surface area contributed by atoms with E-state index in [1.54, 1.807) is 6.20 Å². The molecular formula is C17H17NO2. The van der Waals surface area contributed by atoms with Crippen molar-refractivity contribution in [3.05, 3.63) is 47.3 Å². The lowest BCUT2D eigenvalue weighted by Gasteiger charge is -2.14. The quantitative estimate of drug-likeness (QED) is 0.826. The van der Waals surface area contributed by atoms with Crippen molar-refractivity contribution in [3.63, 3.8) is 0 Å². The molecule has 1 aliphatic heterocycles. The predicted molar refractivity (Wildman–Crippen MR) is 76.6 cm³/mol. The molecule has 1 spiro atoms. The van der Waals surface area contributed by atoms with Crippen LogP contribution < -0.4 is 9.47 Å². The highest BCUT2D eigenvalue weighted by Crippen LogP contribution is 2.59. The maximum Gasteiger partial charge on any atom is 0.145 e. The molecule has 2 aromatic rings. The molecule has 102 valence electrons. The first-order valence-corrected chi connectivity index (χ1v) is 7.05. The first-order chi connectivity index (χ1) is 9.68. The van der Waals surface area contributed by atoms with Gasteiger partial charge in [-0.1, -0.05) is 6.07 Å². The third-order valence-electron chi connectivity index (χ3n) is 4.31. The summed E-state index contributed by atoms with van der Waals surface area (Å²) in [6, 6.07) is 8.05. The van der Waals surface area contributed by atoms with Crippen molar-refractivity contribution in [2.45, 2.75) is 32.1 Å². The second kappa shape index (κ2) is 3.98. The number of nitrogens with zero attached hydrogens (tertiary/aromatic N) is 1. The monoisotopic (exact) mass is 267 g/mol. The Morgan fingerprint density at radius 2 is 2.00 bits per heavy atom. The van der Waals surface area contributed by atoms with Gasteiger partial charge in [-0.15, -0.1) is 0 Å². The molecule has 0 atom stereocenters. The lowest BCUT2D eigenvalue weighted by Crippen LogP contribution is -2.08. The van der Waals surface area contributed by atoms with E-state index in [4.69, 9.17) is 9.47 Å². The molecule has 4 rings (SSSR count). The summed E-state index contributed by atoms with van der Waals surface area (Å²) in [5.41, 5.74) is 3.67. The first-order valence-electron chi connectivity index (χ1n) is 7.05. The van der Waals surface area contributed by atoms with Crippen LogP contribution in [-0.2, 0) is 5.41 Å². The summed E-state index contributed by atoms with van der Waals surface area (Å²) in [6.07, 6.45) is 4.18. The van der Waals surface area contributed by atoms with Gasteiger partial charge in [0, 0.05) is 16.7 Å². The summed E-state index contributed by atoms with van der Waals surface area (Å²) >= 11 is 0. The Labute approximate surface area is 118 Å². The van der Waals surface area contributed by atoms with Gasteiger partial charge in [0.15, 0.2) is 0 Å². The van der Waals surface area contributed by atoms with Crippen LogP contribution in [0.5, 0.6) is 17.2 Å². The summed E-state index contributed by atoms with van der Waals surface area (Å²) in [7, 11) is 0. The molecule has 1 saturated carbocycles. The smallest absolute Gasteiger partial charge is 0.145 e. The number of ether oxygens (including phenoxy) is 2. The molecule has 3 nitrogen and oxygen atoms in total. The van der Waals surface area contributed by atoms with Crippen molar-refractivity contribution < 1.29 is 9.47 Å². The van der Waals surface area contributed by atoms with Crippen molar-refractivity contribution in [1.29, 1.82) is 0 Å². The molecule has 0 amide bonds. The second-order valence-electron chi connectivity index (χ2n) is 5.89. The van der Waals surface area contributed by atoms with Crippen molar-refractivity contribution in [2.75, 3.05) is 6.61 Å². The molecule has 2 heterocycles. The van der Waals surface area contributed by atoms with E-state index in [9.17, 15) is 0 Å². The zero-order valence-electron chi connectivity index (χ0n) is 11.8. The Bertz CT molecular complexity index is 672.